The summed E-state index contributed by atoms with van der Waals surface area (Å²) in [5.74, 6) is 0. The third-order valence-electron chi connectivity index (χ3n) is 9.73. The van der Waals surface area contributed by atoms with Gasteiger partial charge in [-0.15, -0.1) is 0 Å². The van der Waals surface area contributed by atoms with Crippen LogP contribution in [0.15, 0.2) is 152 Å². The van der Waals surface area contributed by atoms with Crippen LogP contribution in [0, 0.1) is 0 Å². The molecule has 1 nitrogen and oxygen atoms in total. The van der Waals surface area contributed by atoms with Gasteiger partial charge in [0.2, 0.25) is 0 Å². The predicted molar refractivity (Wildman–Crippen MR) is 187 cm³/mol. The molecule has 0 fully saturated rings. The summed E-state index contributed by atoms with van der Waals surface area (Å²) in [6, 6.07) is 55.8. The fourth-order valence-corrected chi connectivity index (χ4v) is 7.68. The van der Waals surface area contributed by atoms with Gasteiger partial charge < -0.3 is 4.57 Å². The van der Waals surface area contributed by atoms with Crippen LogP contribution in [-0.2, 0) is 5.41 Å². The molecule has 44 heavy (non-hydrogen) atoms. The van der Waals surface area contributed by atoms with Crippen molar-refractivity contribution < 1.29 is 0 Å². The maximum Gasteiger partial charge on any atom is 0.0626 e. The molecule has 0 radical (unpaired) electrons. The highest BCUT2D eigenvalue weighted by Gasteiger charge is 2.35. The zero-order valence-corrected chi connectivity index (χ0v) is 24.9. The lowest BCUT2D eigenvalue weighted by Crippen LogP contribution is -2.23. The topological polar surface area (TPSA) is 4.93 Å². The Morgan fingerprint density at radius 2 is 1.09 bits per heavy atom. The quantitative estimate of drug-likeness (QED) is 0.202. The van der Waals surface area contributed by atoms with Crippen LogP contribution in [0.4, 0.5) is 0 Å². The van der Waals surface area contributed by atoms with Crippen molar-refractivity contribution in [3.05, 3.63) is 163 Å². The molecule has 0 bridgehead atoms. The summed E-state index contributed by atoms with van der Waals surface area (Å²) < 4.78 is 2.53. The molecule has 0 saturated heterocycles. The van der Waals surface area contributed by atoms with Gasteiger partial charge in [0.25, 0.3) is 0 Å². The second-order valence-corrected chi connectivity index (χ2v) is 12.6. The molecule has 208 valence electrons. The second kappa shape index (κ2) is 9.30. The van der Waals surface area contributed by atoms with Crippen molar-refractivity contribution in [1.82, 2.24) is 4.57 Å². The number of nitrogens with zero attached hydrogens (tertiary/aromatic N) is 1. The molecular formula is C43H31N. The first kappa shape index (κ1) is 25.1. The summed E-state index contributed by atoms with van der Waals surface area (Å²) in [6.07, 6.45) is 0. The van der Waals surface area contributed by atoms with Crippen LogP contribution >= 0.6 is 0 Å². The van der Waals surface area contributed by atoms with Crippen LogP contribution in [0.1, 0.15) is 25.0 Å². The SMILES string of the molecule is CC1(C)c2ccccc2-c2c3c1cccc3cc1c3ccccc3n(-c3cc(-c4ccccc4)cc(-c4ccccc4)c3)c21. The Kier molecular flexibility index (Phi) is 5.31. The molecule has 1 aliphatic carbocycles. The Balaban J connectivity index is 1.48. The van der Waals surface area contributed by atoms with E-state index in [2.05, 4.69) is 170 Å². The Morgan fingerprint density at radius 3 is 1.82 bits per heavy atom. The van der Waals surface area contributed by atoms with Crippen LogP contribution in [0.2, 0.25) is 0 Å². The molecule has 1 heteroatoms. The van der Waals surface area contributed by atoms with E-state index in [0.29, 0.717) is 0 Å². The predicted octanol–water partition coefficient (Wildman–Crippen LogP) is 11.6. The molecule has 0 atom stereocenters. The van der Waals surface area contributed by atoms with Crippen molar-refractivity contribution in [2.24, 2.45) is 0 Å². The summed E-state index contributed by atoms with van der Waals surface area (Å²) in [5, 5.41) is 5.25. The lowest BCUT2D eigenvalue weighted by Gasteiger charge is -2.35. The van der Waals surface area contributed by atoms with Gasteiger partial charge in [-0.1, -0.05) is 135 Å². The van der Waals surface area contributed by atoms with E-state index >= 15 is 0 Å². The van der Waals surface area contributed by atoms with Gasteiger partial charge in [-0.05, 0) is 80.0 Å². The lowest BCUT2D eigenvalue weighted by atomic mass is 9.68. The third-order valence-corrected chi connectivity index (χ3v) is 9.73. The number of hydrogen-bond acceptors (Lipinski definition) is 0. The van der Waals surface area contributed by atoms with Crippen LogP contribution in [-0.4, -0.2) is 4.57 Å². The molecule has 0 saturated carbocycles. The maximum atomic E-state index is 2.53. The van der Waals surface area contributed by atoms with E-state index < -0.39 is 0 Å². The number of aromatic nitrogens is 1. The number of rotatable bonds is 3. The second-order valence-electron chi connectivity index (χ2n) is 12.6. The first-order chi connectivity index (χ1) is 21.6. The molecule has 1 heterocycles. The lowest BCUT2D eigenvalue weighted by molar-refractivity contribution is 0.645. The fraction of sp³-hybridized carbons (Fsp3) is 0.0698. The number of para-hydroxylation sites is 1. The number of hydrogen-bond donors (Lipinski definition) is 0. The minimum absolute atomic E-state index is 0.0959. The van der Waals surface area contributed by atoms with E-state index in [1.54, 1.807) is 0 Å². The molecule has 8 aromatic rings. The first-order valence-electron chi connectivity index (χ1n) is 15.5. The molecule has 1 aromatic heterocycles. The van der Waals surface area contributed by atoms with Crippen molar-refractivity contribution in [3.63, 3.8) is 0 Å². The summed E-state index contributed by atoms with van der Waals surface area (Å²) >= 11 is 0. The molecule has 1 aliphatic rings. The molecule has 0 amide bonds. The van der Waals surface area contributed by atoms with Gasteiger partial charge in [0, 0.05) is 27.4 Å². The van der Waals surface area contributed by atoms with Crippen molar-refractivity contribution in [3.8, 4) is 39.1 Å². The van der Waals surface area contributed by atoms with Crippen LogP contribution in [0.3, 0.4) is 0 Å². The summed E-state index contributed by atoms with van der Waals surface area (Å²) in [6.45, 7) is 4.75. The van der Waals surface area contributed by atoms with E-state index in [9.17, 15) is 0 Å². The van der Waals surface area contributed by atoms with E-state index in [4.69, 9.17) is 0 Å². The standard InChI is InChI=1S/C43H31N/c1-43(2)37-21-11-9-20-35(37)41-40-30(18-13-22-38(40)43)27-36-34-19-10-12-23-39(34)44(42(36)41)33-25-31(28-14-5-3-6-15-28)24-32(26-33)29-16-7-4-8-17-29/h3-27H,1-2H3. The number of benzene rings is 7. The van der Waals surface area contributed by atoms with Crippen LogP contribution in [0.25, 0.3) is 71.6 Å². The van der Waals surface area contributed by atoms with Crippen molar-refractivity contribution in [1.29, 1.82) is 0 Å². The zero-order chi connectivity index (χ0) is 29.4. The summed E-state index contributed by atoms with van der Waals surface area (Å²) in [4.78, 5) is 0. The highest BCUT2D eigenvalue weighted by molar-refractivity contribution is 6.23. The van der Waals surface area contributed by atoms with Gasteiger partial charge in [-0.3, -0.25) is 0 Å². The molecule has 0 unspecified atom stereocenters. The van der Waals surface area contributed by atoms with Gasteiger partial charge >= 0.3 is 0 Å². The van der Waals surface area contributed by atoms with Crippen molar-refractivity contribution in [2.75, 3.05) is 0 Å². The van der Waals surface area contributed by atoms with Crippen LogP contribution in [0.5, 0.6) is 0 Å². The Morgan fingerprint density at radius 1 is 0.477 bits per heavy atom. The molecular weight excluding hydrogens is 530 g/mol. The Bertz CT molecular complexity index is 2330. The van der Waals surface area contributed by atoms with Gasteiger partial charge in [-0.25, -0.2) is 0 Å². The van der Waals surface area contributed by atoms with E-state index in [0.717, 1.165) is 0 Å². The minimum Gasteiger partial charge on any atom is -0.309 e. The average Bonchev–Trinajstić information content (AvgIpc) is 3.41. The maximum absolute atomic E-state index is 2.53. The van der Waals surface area contributed by atoms with E-state index in [1.165, 1.54) is 82.8 Å². The van der Waals surface area contributed by atoms with Crippen molar-refractivity contribution >= 4 is 32.6 Å². The van der Waals surface area contributed by atoms with E-state index in [1.807, 2.05) is 0 Å². The molecule has 7 aromatic carbocycles. The summed E-state index contributed by atoms with van der Waals surface area (Å²) in [7, 11) is 0. The highest BCUT2D eigenvalue weighted by atomic mass is 15.0. The smallest absolute Gasteiger partial charge is 0.0626 e. The normalized spacial score (nSPS) is 13.4. The highest BCUT2D eigenvalue weighted by Crippen LogP contribution is 2.52. The van der Waals surface area contributed by atoms with Gasteiger partial charge in [0.05, 0.1) is 11.0 Å². The van der Waals surface area contributed by atoms with Gasteiger partial charge in [-0.2, -0.15) is 0 Å². The largest absolute Gasteiger partial charge is 0.309 e. The zero-order valence-electron chi connectivity index (χ0n) is 24.9. The average molecular weight is 562 g/mol. The molecule has 0 N–H and O–H groups in total. The number of fused-ring (bicyclic) bond motifs is 6. The molecule has 9 rings (SSSR count). The van der Waals surface area contributed by atoms with Gasteiger partial charge in [0.1, 0.15) is 0 Å². The Hall–Kier alpha value is -5.40. The Labute approximate surface area is 257 Å². The molecule has 0 aliphatic heterocycles. The summed E-state index contributed by atoms with van der Waals surface area (Å²) in [5.41, 5.74) is 13.9. The van der Waals surface area contributed by atoms with E-state index in [-0.39, 0.29) is 5.41 Å². The fourth-order valence-electron chi connectivity index (χ4n) is 7.68. The van der Waals surface area contributed by atoms with Crippen molar-refractivity contribution in [2.45, 2.75) is 19.3 Å². The monoisotopic (exact) mass is 561 g/mol. The first-order valence-corrected chi connectivity index (χ1v) is 15.5. The molecule has 0 spiro atoms. The minimum atomic E-state index is -0.0959. The van der Waals surface area contributed by atoms with Crippen LogP contribution < -0.4 is 0 Å². The third kappa shape index (κ3) is 3.53. The van der Waals surface area contributed by atoms with Gasteiger partial charge in [0.15, 0.2) is 0 Å².